The van der Waals surface area contributed by atoms with Gasteiger partial charge in [-0.15, -0.1) is 0 Å². The Labute approximate surface area is 143 Å². The number of rotatable bonds is 5. The minimum Gasteiger partial charge on any atom is -0.563 e. The van der Waals surface area contributed by atoms with Crippen LogP contribution in [-0.2, 0) is 4.65 Å². The molecule has 6 saturated carbocycles. The average molecular weight is 314 g/mol. The lowest BCUT2D eigenvalue weighted by molar-refractivity contribution is 0.136. The lowest BCUT2D eigenvalue weighted by Gasteiger charge is -2.50. The topological polar surface area (TPSA) is 9.23 Å². The first-order chi connectivity index (χ1) is 11.3. The maximum Gasteiger partial charge on any atom is 0.364 e. The Hall–Kier alpha value is -0.395. The van der Waals surface area contributed by atoms with Crippen molar-refractivity contribution in [2.75, 3.05) is 0 Å². The van der Waals surface area contributed by atoms with Crippen molar-refractivity contribution in [1.82, 2.24) is 0 Å². The summed E-state index contributed by atoms with van der Waals surface area (Å²) < 4.78 is 6.79. The van der Waals surface area contributed by atoms with Gasteiger partial charge in [-0.2, -0.15) is 0 Å². The van der Waals surface area contributed by atoms with Gasteiger partial charge in [-0.25, -0.2) is 0 Å². The van der Waals surface area contributed by atoms with Crippen molar-refractivity contribution in [2.24, 2.45) is 23.7 Å². The van der Waals surface area contributed by atoms with Gasteiger partial charge in [-0.3, -0.25) is 0 Å². The van der Waals surface area contributed by atoms with Crippen LogP contribution in [0.15, 0.2) is 11.8 Å². The molecule has 23 heavy (non-hydrogen) atoms. The normalized spacial score (nSPS) is 42.8. The molecule has 2 unspecified atom stereocenters. The molecule has 0 spiro atoms. The first kappa shape index (κ1) is 16.1. The van der Waals surface area contributed by atoms with Crippen molar-refractivity contribution >= 4 is 6.92 Å². The van der Waals surface area contributed by atoms with Crippen molar-refractivity contribution in [2.45, 2.75) is 96.1 Å². The molecule has 2 atom stereocenters. The van der Waals surface area contributed by atoms with Crippen molar-refractivity contribution in [1.29, 1.82) is 0 Å². The molecule has 6 aliphatic carbocycles. The Kier molecular flexibility index (Phi) is 4.79. The smallest absolute Gasteiger partial charge is 0.364 e. The zero-order chi connectivity index (χ0) is 15.8. The zero-order valence-electron chi connectivity index (χ0n) is 15.3. The van der Waals surface area contributed by atoms with Gasteiger partial charge in [-0.1, -0.05) is 77.2 Å². The van der Waals surface area contributed by atoms with Gasteiger partial charge in [0.15, 0.2) is 0 Å². The highest BCUT2D eigenvalue weighted by atomic mass is 16.4. The second-order valence-corrected chi connectivity index (χ2v) is 9.05. The fraction of sp³-hybridized carbons (Fsp3) is 0.905. The van der Waals surface area contributed by atoms with Gasteiger partial charge in [0.25, 0.3) is 0 Å². The molecule has 6 aliphatic rings. The predicted molar refractivity (Wildman–Crippen MR) is 98.5 cm³/mol. The maximum atomic E-state index is 6.79. The van der Waals surface area contributed by atoms with Crippen LogP contribution in [-0.4, -0.2) is 6.92 Å². The average Bonchev–Trinajstić information content (AvgIpc) is 2.64. The molecule has 2 heteroatoms. The molecule has 0 aromatic heterocycles. The van der Waals surface area contributed by atoms with Crippen molar-refractivity contribution in [3.05, 3.63) is 11.8 Å². The van der Waals surface area contributed by atoms with E-state index >= 15 is 0 Å². The van der Waals surface area contributed by atoms with Gasteiger partial charge < -0.3 is 4.65 Å². The molecule has 6 rings (SSSR count). The van der Waals surface area contributed by atoms with Crippen molar-refractivity contribution in [3.63, 3.8) is 0 Å². The van der Waals surface area contributed by atoms with Crippen LogP contribution in [0.3, 0.4) is 0 Å². The third-order valence-electron chi connectivity index (χ3n) is 8.01. The lowest BCUT2D eigenvalue weighted by atomic mass is 9.34. The van der Waals surface area contributed by atoms with Gasteiger partial charge in [0.2, 0.25) is 0 Å². The van der Waals surface area contributed by atoms with Crippen molar-refractivity contribution < 1.29 is 4.65 Å². The largest absolute Gasteiger partial charge is 0.563 e. The fourth-order valence-corrected chi connectivity index (χ4v) is 6.69. The molecule has 0 N–H and O–H groups in total. The van der Waals surface area contributed by atoms with E-state index < -0.39 is 0 Å². The van der Waals surface area contributed by atoms with Crippen LogP contribution in [0, 0.1) is 23.7 Å². The van der Waals surface area contributed by atoms with Crippen LogP contribution in [0.25, 0.3) is 0 Å². The second-order valence-electron chi connectivity index (χ2n) is 9.05. The molecule has 128 valence electrons. The molecule has 0 radical (unpaired) electrons. The van der Waals surface area contributed by atoms with Crippen LogP contribution < -0.4 is 0 Å². The standard InChI is InChI=1S/C21H35BO/c1-3-19(4-2)23-22(20-13-15-5-9-17(20)10-6-15)21-14-16-7-11-18(21)12-8-16/h3,15-18,20-21H,4-14H2,1-2H3/b19-3+. The Morgan fingerprint density at radius 1 is 0.870 bits per heavy atom. The molecule has 6 fully saturated rings. The Morgan fingerprint density at radius 3 is 1.65 bits per heavy atom. The monoisotopic (exact) mass is 314 g/mol. The summed E-state index contributed by atoms with van der Waals surface area (Å²) in [7, 11) is 0. The molecular weight excluding hydrogens is 279 g/mol. The van der Waals surface area contributed by atoms with Crippen LogP contribution in [0.5, 0.6) is 0 Å². The molecule has 0 saturated heterocycles. The van der Waals surface area contributed by atoms with E-state index in [1.165, 1.54) is 70.0 Å². The first-order valence-corrected chi connectivity index (χ1v) is 10.6. The SMILES string of the molecule is C/C=C(\CC)OB(C1CC2CCC1CC2)C1CC2CCC1CC2. The van der Waals surface area contributed by atoms with Gasteiger partial charge in [0.1, 0.15) is 0 Å². The maximum absolute atomic E-state index is 6.79. The van der Waals surface area contributed by atoms with Crippen LogP contribution >= 0.6 is 0 Å². The Balaban J connectivity index is 1.56. The third-order valence-corrected chi connectivity index (χ3v) is 8.01. The number of hydrogen-bond acceptors (Lipinski definition) is 1. The van der Waals surface area contributed by atoms with E-state index in [0.29, 0.717) is 6.92 Å². The number of allylic oxidation sites excluding steroid dienone is 2. The van der Waals surface area contributed by atoms with E-state index in [9.17, 15) is 0 Å². The molecule has 1 nitrogen and oxygen atoms in total. The van der Waals surface area contributed by atoms with Gasteiger partial charge in [0, 0.05) is 0 Å². The summed E-state index contributed by atoms with van der Waals surface area (Å²) in [6.07, 6.45) is 18.3. The summed E-state index contributed by atoms with van der Waals surface area (Å²) in [5, 5.41) is 0. The summed E-state index contributed by atoms with van der Waals surface area (Å²) in [5.41, 5.74) is 0. The lowest BCUT2D eigenvalue weighted by Crippen LogP contribution is -2.45. The Morgan fingerprint density at radius 2 is 1.35 bits per heavy atom. The summed E-state index contributed by atoms with van der Waals surface area (Å²) in [4.78, 5) is 0. The quantitative estimate of drug-likeness (QED) is 0.417. The molecular formula is C21H35BO. The minimum atomic E-state index is 0.544. The van der Waals surface area contributed by atoms with E-state index in [4.69, 9.17) is 4.65 Å². The summed E-state index contributed by atoms with van der Waals surface area (Å²) in [5.74, 6) is 6.99. The fourth-order valence-electron chi connectivity index (χ4n) is 6.69. The molecule has 0 aromatic rings. The predicted octanol–water partition coefficient (Wildman–Crippen LogP) is 6.47. The first-order valence-electron chi connectivity index (χ1n) is 10.6. The second kappa shape index (κ2) is 6.85. The van der Waals surface area contributed by atoms with Gasteiger partial charge in [-0.05, 0) is 48.7 Å². The van der Waals surface area contributed by atoms with Gasteiger partial charge >= 0.3 is 6.92 Å². The highest BCUT2D eigenvalue weighted by molar-refractivity contribution is 6.56. The van der Waals surface area contributed by atoms with E-state index in [-0.39, 0.29) is 0 Å². The molecule has 4 bridgehead atoms. The van der Waals surface area contributed by atoms with Crippen LogP contribution in [0.1, 0.15) is 84.5 Å². The zero-order valence-corrected chi connectivity index (χ0v) is 15.3. The van der Waals surface area contributed by atoms with Crippen molar-refractivity contribution in [3.8, 4) is 0 Å². The molecule has 0 amide bonds. The van der Waals surface area contributed by atoms with E-state index in [2.05, 4.69) is 19.9 Å². The summed E-state index contributed by atoms with van der Waals surface area (Å²) in [6.45, 7) is 4.96. The van der Waals surface area contributed by atoms with Crippen LogP contribution in [0.4, 0.5) is 0 Å². The van der Waals surface area contributed by atoms with Gasteiger partial charge in [0.05, 0.1) is 5.76 Å². The van der Waals surface area contributed by atoms with E-state index in [1.807, 2.05) is 0 Å². The van der Waals surface area contributed by atoms with E-state index in [1.54, 1.807) is 0 Å². The highest BCUT2D eigenvalue weighted by Crippen LogP contribution is 2.57. The third kappa shape index (κ3) is 3.12. The molecule has 0 aliphatic heterocycles. The number of fused-ring (bicyclic) bond motifs is 6. The van der Waals surface area contributed by atoms with Crippen LogP contribution in [0.2, 0.25) is 11.6 Å². The molecule has 0 aromatic carbocycles. The molecule has 0 heterocycles. The highest BCUT2D eigenvalue weighted by Gasteiger charge is 2.51. The minimum absolute atomic E-state index is 0.544. The Bertz CT molecular complexity index is 399. The number of hydrogen-bond donors (Lipinski definition) is 0. The summed E-state index contributed by atoms with van der Waals surface area (Å²) in [6, 6.07) is 0. The van der Waals surface area contributed by atoms with E-state index in [0.717, 1.165) is 41.7 Å². The summed E-state index contributed by atoms with van der Waals surface area (Å²) >= 11 is 0.